The van der Waals surface area contributed by atoms with E-state index in [1.165, 1.54) is 0 Å². The van der Waals surface area contributed by atoms with Crippen molar-refractivity contribution in [3.8, 4) is 5.75 Å². The summed E-state index contributed by atoms with van der Waals surface area (Å²) < 4.78 is 5.74. The number of pyridine rings is 1. The summed E-state index contributed by atoms with van der Waals surface area (Å²) in [7, 11) is 0. The zero-order valence-corrected chi connectivity index (χ0v) is 10.1. The van der Waals surface area contributed by atoms with Crippen LogP contribution in [0.3, 0.4) is 0 Å². The highest BCUT2D eigenvalue weighted by Crippen LogP contribution is 2.23. The number of anilines is 1. The maximum absolute atomic E-state index is 5.82. The fourth-order valence-electron chi connectivity index (χ4n) is 1.65. The Bertz CT molecular complexity index is 523. The molecule has 1 heterocycles. The molecule has 0 saturated carbocycles. The van der Waals surface area contributed by atoms with E-state index in [2.05, 4.69) is 11.1 Å². The van der Waals surface area contributed by atoms with Crippen LogP contribution in [0.1, 0.15) is 16.7 Å². The maximum Gasteiger partial charge on any atom is 0.124 e. The first-order chi connectivity index (χ1) is 8.16. The van der Waals surface area contributed by atoms with E-state index in [1.807, 2.05) is 44.4 Å². The quantitative estimate of drug-likeness (QED) is 0.822. The molecule has 1 aromatic heterocycles. The van der Waals surface area contributed by atoms with Crippen molar-refractivity contribution in [2.24, 2.45) is 0 Å². The van der Waals surface area contributed by atoms with Crippen molar-refractivity contribution in [3.63, 3.8) is 0 Å². The molecule has 0 aliphatic heterocycles. The van der Waals surface area contributed by atoms with Crippen molar-refractivity contribution in [3.05, 3.63) is 53.3 Å². The Labute approximate surface area is 101 Å². The zero-order chi connectivity index (χ0) is 12.3. The fourth-order valence-corrected chi connectivity index (χ4v) is 1.65. The molecule has 2 aromatic rings. The number of benzene rings is 1. The van der Waals surface area contributed by atoms with Gasteiger partial charge >= 0.3 is 0 Å². The van der Waals surface area contributed by atoms with Crippen molar-refractivity contribution in [1.29, 1.82) is 0 Å². The van der Waals surface area contributed by atoms with E-state index in [1.54, 1.807) is 0 Å². The Balaban J connectivity index is 2.10. The first kappa shape index (κ1) is 11.5. The molecule has 0 radical (unpaired) electrons. The smallest absolute Gasteiger partial charge is 0.124 e. The maximum atomic E-state index is 5.82. The molecule has 0 amide bonds. The van der Waals surface area contributed by atoms with Gasteiger partial charge in [0, 0.05) is 29.2 Å². The molecular formula is C14H16N2O. The van der Waals surface area contributed by atoms with Crippen molar-refractivity contribution < 1.29 is 4.74 Å². The Hall–Kier alpha value is -2.03. The van der Waals surface area contributed by atoms with Crippen molar-refractivity contribution >= 4 is 5.69 Å². The van der Waals surface area contributed by atoms with Gasteiger partial charge in [-0.3, -0.25) is 4.98 Å². The van der Waals surface area contributed by atoms with Gasteiger partial charge in [-0.15, -0.1) is 0 Å². The third kappa shape index (κ3) is 2.75. The summed E-state index contributed by atoms with van der Waals surface area (Å²) in [5, 5.41) is 0. The molecule has 0 saturated heterocycles. The highest BCUT2D eigenvalue weighted by Gasteiger charge is 2.02. The topological polar surface area (TPSA) is 48.1 Å². The normalized spacial score (nSPS) is 10.2. The first-order valence-corrected chi connectivity index (χ1v) is 5.55. The monoisotopic (exact) mass is 228 g/mol. The van der Waals surface area contributed by atoms with Gasteiger partial charge in [-0.25, -0.2) is 0 Å². The molecule has 0 aliphatic rings. The Morgan fingerprint density at radius 3 is 2.82 bits per heavy atom. The molecule has 0 spiro atoms. The molecule has 88 valence electrons. The summed E-state index contributed by atoms with van der Waals surface area (Å²) in [5.41, 5.74) is 9.75. The molecule has 0 unspecified atom stereocenters. The summed E-state index contributed by atoms with van der Waals surface area (Å²) in [6, 6.07) is 7.76. The van der Waals surface area contributed by atoms with Gasteiger partial charge in [0.2, 0.25) is 0 Å². The van der Waals surface area contributed by atoms with E-state index in [-0.39, 0.29) is 0 Å². The summed E-state index contributed by atoms with van der Waals surface area (Å²) in [6.07, 6.45) is 3.64. The molecule has 17 heavy (non-hydrogen) atoms. The van der Waals surface area contributed by atoms with Gasteiger partial charge in [-0.2, -0.15) is 0 Å². The molecule has 1 aromatic carbocycles. The second kappa shape index (κ2) is 4.87. The minimum absolute atomic E-state index is 0.513. The average molecular weight is 228 g/mol. The second-order valence-corrected chi connectivity index (χ2v) is 4.13. The van der Waals surface area contributed by atoms with E-state index in [0.29, 0.717) is 6.61 Å². The second-order valence-electron chi connectivity index (χ2n) is 4.13. The van der Waals surface area contributed by atoms with Crippen LogP contribution >= 0.6 is 0 Å². The van der Waals surface area contributed by atoms with Crippen LogP contribution in [0.25, 0.3) is 0 Å². The molecule has 0 bridgehead atoms. The number of ether oxygens (including phenoxy) is 1. The van der Waals surface area contributed by atoms with E-state index in [0.717, 1.165) is 28.1 Å². The zero-order valence-electron chi connectivity index (χ0n) is 10.1. The van der Waals surface area contributed by atoms with Crippen molar-refractivity contribution in [1.82, 2.24) is 4.98 Å². The third-order valence-electron chi connectivity index (χ3n) is 2.65. The first-order valence-electron chi connectivity index (χ1n) is 5.55. The van der Waals surface area contributed by atoms with Gasteiger partial charge in [-0.05, 0) is 37.6 Å². The number of hydrogen-bond donors (Lipinski definition) is 1. The van der Waals surface area contributed by atoms with Gasteiger partial charge in [0.15, 0.2) is 0 Å². The van der Waals surface area contributed by atoms with Crippen LogP contribution in [0.5, 0.6) is 5.75 Å². The number of nitrogens with two attached hydrogens (primary N) is 1. The number of hydrogen-bond acceptors (Lipinski definition) is 3. The predicted octanol–water partition coefficient (Wildman–Crippen LogP) is 2.86. The molecule has 0 aliphatic carbocycles. The van der Waals surface area contributed by atoms with Crippen LogP contribution in [0.2, 0.25) is 0 Å². The van der Waals surface area contributed by atoms with Crippen LogP contribution in [-0.4, -0.2) is 4.98 Å². The SMILES string of the molecule is Cc1cncc(COc2cccc(N)c2C)c1. The number of aromatic nitrogens is 1. The highest BCUT2D eigenvalue weighted by atomic mass is 16.5. The molecule has 3 heteroatoms. The lowest BCUT2D eigenvalue weighted by Crippen LogP contribution is -1.99. The molecule has 2 rings (SSSR count). The molecule has 0 fully saturated rings. The van der Waals surface area contributed by atoms with E-state index in [4.69, 9.17) is 10.5 Å². The number of nitrogens with zero attached hydrogens (tertiary/aromatic N) is 1. The third-order valence-corrected chi connectivity index (χ3v) is 2.65. The molecule has 0 atom stereocenters. The molecular weight excluding hydrogens is 212 g/mol. The molecule has 3 nitrogen and oxygen atoms in total. The van der Waals surface area contributed by atoms with Crippen LogP contribution in [0.15, 0.2) is 36.7 Å². The lowest BCUT2D eigenvalue weighted by molar-refractivity contribution is 0.304. The van der Waals surface area contributed by atoms with E-state index >= 15 is 0 Å². The number of rotatable bonds is 3. The van der Waals surface area contributed by atoms with E-state index < -0.39 is 0 Å². The van der Waals surface area contributed by atoms with Crippen LogP contribution in [0.4, 0.5) is 5.69 Å². The van der Waals surface area contributed by atoms with Crippen LogP contribution in [-0.2, 0) is 6.61 Å². The van der Waals surface area contributed by atoms with Gasteiger partial charge < -0.3 is 10.5 Å². The lowest BCUT2D eigenvalue weighted by atomic mass is 10.2. The van der Waals surface area contributed by atoms with E-state index in [9.17, 15) is 0 Å². The highest BCUT2D eigenvalue weighted by molar-refractivity contribution is 5.53. The Kier molecular flexibility index (Phi) is 3.28. The summed E-state index contributed by atoms with van der Waals surface area (Å²) >= 11 is 0. The molecule has 2 N–H and O–H groups in total. The van der Waals surface area contributed by atoms with Crippen LogP contribution in [0, 0.1) is 13.8 Å². The Morgan fingerprint density at radius 1 is 1.24 bits per heavy atom. The van der Waals surface area contributed by atoms with Crippen molar-refractivity contribution in [2.45, 2.75) is 20.5 Å². The largest absolute Gasteiger partial charge is 0.488 e. The van der Waals surface area contributed by atoms with Gasteiger partial charge in [-0.1, -0.05) is 6.07 Å². The predicted molar refractivity (Wildman–Crippen MR) is 68.9 cm³/mol. The standard InChI is InChI=1S/C14H16N2O/c1-10-6-12(8-16-7-10)9-17-14-5-3-4-13(15)11(14)2/h3-8H,9,15H2,1-2H3. The van der Waals surface area contributed by atoms with Gasteiger partial charge in [0.05, 0.1) is 0 Å². The Morgan fingerprint density at radius 2 is 2.06 bits per heavy atom. The lowest BCUT2D eigenvalue weighted by Gasteiger charge is -2.10. The van der Waals surface area contributed by atoms with Crippen molar-refractivity contribution in [2.75, 3.05) is 5.73 Å². The fraction of sp³-hybridized carbons (Fsp3) is 0.214. The summed E-state index contributed by atoms with van der Waals surface area (Å²) in [4.78, 5) is 4.13. The number of aryl methyl sites for hydroxylation is 1. The van der Waals surface area contributed by atoms with Crippen LogP contribution < -0.4 is 10.5 Å². The minimum Gasteiger partial charge on any atom is -0.488 e. The minimum atomic E-state index is 0.513. The number of nitrogen functional groups attached to an aromatic ring is 1. The summed E-state index contributed by atoms with van der Waals surface area (Å²) in [5.74, 6) is 0.825. The van der Waals surface area contributed by atoms with Gasteiger partial charge in [0.25, 0.3) is 0 Å². The summed E-state index contributed by atoms with van der Waals surface area (Å²) in [6.45, 7) is 4.49. The average Bonchev–Trinajstić information content (AvgIpc) is 2.31. The van der Waals surface area contributed by atoms with Gasteiger partial charge in [0.1, 0.15) is 12.4 Å².